The summed E-state index contributed by atoms with van der Waals surface area (Å²) in [5.74, 6) is 0. The molecule has 68 valence electrons. The molecular formula is C8H15N3O. The Morgan fingerprint density at radius 3 is 3.08 bits per heavy atom. The second-order valence-corrected chi connectivity index (χ2v) is 2.76. The Morgan fingerprint density at radius 1 is 1.75 bits per heavy atom. The van der Waals surface area contributed by atoms with Crippen LogP contribution in [0.25, 0.3) is 0 Å². The van der Waals surface area contributed by atoms with Gasteiger partial charge in [0.1, 0.15) is 0 Å². The molecule has 0 aliphatic heterocycles. The van der Waals surface area contributed by atoms with E-state index in [4.69, 9.17) is 10.5 Å². The second kappa shape index (κ2) is 4.23. The largest absolute Gasteiger partial charge is 0.380 e. The first-order valence-electron chi connectivity index (χ1n) is 4.01. The van der Waals surface area contributed by atoms with Crippen molar-refractivity contribution in [1.82, 2.24) is 9.78 Å². The molecule has 4 heteroatoms. The zero-order valence-corrected chi connectivity index (χ0v) is 7.53. The van der Waals surface area contributed by atoms with Gasteiger partial charge in [-0.2, -0.15) is 5.10 Å². The number of ether oxygens (including phenoxy) is 1. The Labute approximate surface area is 72.3 Å². The van der Waals surface area contributed by atoms with Crippen molar-refractivity contribution in [3.63, 3.8) is 0 Å². The molecule has 2 N–H and O–H groups in total. The van der Waals surface area contributed by atoms with Crippen LogP contribution < -0.4 is 5.73 Å². The highest BCUT2D eigenvalue weighted by Gasteiger charge is 2.04. The van der Waals surface area contributed by atoms with Gasteiger partial charge in [-0.05, 0) is 13.0 Å². The van der Waals surface area contributed by atoms with Crippen LogP contribution in [0, 0.1) is 0 Å². The van der Waals surface area contributed by atoms with Crippen molar-refractivity contribution < 1.29 is 4.74 Å². The van der Waals surface area contributed by atoms with E-state index in [1.54, 1.807) is 13.3 Å². The second-order valence-electron chi connectivity index (χ2n) is 2.76. The lowest BCUT2D eigenvalue weighted by Crippen LogP contribution is -2.18. The molecule has 4 nitrogen and oxygen atoms in total. The van der Waals surface area contributed by atoms with Crippen molar-refractivity contribution in [2.45, 2.75) is 26.1 Å². The lowest BCUT2D eigenvalue weighted by atomic mass is 10.4. The Hall–Kier alpha value is -0.870. The third-order valence-corrected chi connectivity index (χ3v) is 1.85. The van der Waals surface area contributed by atoms with Crippen LogP contribution in [0.1, 0.15) is 12.6 Å². The fraction of sp³-hybridized carbons (Fsp3) is 0.625. The van der Waals surface area contributed by atoms with E-state index in [0.29, 0.717) is 6.54 Å². The third-order valence-electron chi connectivity index (χ3n) is 1.85. The van der Waals surface area contributed by atoms with Gasteiger partial charge in [-0.15, -0.1) is 0 Å². The van der Waals surface area contributed by atoms with Crippen LogP contribution in [-0.2, 0) is 17.8 Å². The summed E-state index contributed by atoms with van der Waals surface area (Å²) in [6.07, 6.45) is 1.93. The first-order chi connectivity index (χ1) is 5.77. The molecule has 1 heterocycles. The number of aromatic nitrogens is 2. The van der Waals surface area contributed by atoms with Crippen LogP contribution in [0.3, 0.4) is 0 Å². The molecule has 0 radical (unpaired) electrons. The molecule has 1 unspecified atom stereocenters. The monoisotopic (exact) mass is 169 g/mol. The van der Waals surface area contributed by atoms with Crippen LogP contribution in [0.2, 0.25) is 0 Å². The minimum absolute atomic E-state index is 0.176. The van der Waals surface area contributed by atoms with Gasteiger partial charge in [-0.3, -0.25) is 4.68 Å². The lowest BCUT2D eigenvalue weighted by Gasteiger charge is -2.11. The fourth-order valence-corrected chi connectivity index (χ4v) is 1.02. The van der Waals surface area contributed by atoms with E-state index in [9.17, 15) is 0 Å². The normalized spacial score (nSPS) is 13.2. The van der Waals surface area contributed by atoms with Crippen LogP contribution in [0.4, 0.5) is 0 Å². The quantitative estimate of drug-likeness (QED) is 0.708. The van der Waals surface area contributed by atoms with E-state index in [1.807, 2.05) is 17.7 Å². The Balaban J connectivity index is 2.61. The van der Waals surface area contributed by atoms with Crippen LogP contribution in [0.5, 0.6) is 0 Å². The van der Waals surface area contributed by atoms with E-state index in [1.165, 1.54) is 0 Å². The molecule has 0 aliphatic carbocycles. The summed E-state index contributed by atoms with van der Waals surface area (Å²) in [5.41, 5.74) is 6.55. The maximum atomic E-state index is 5.51. The Morgan fingerprint density at radius 2 is 2.50 bits per heavy atom. The maximum Gasteiger partial charge on any atom is 0.0739 e. The van der Waals surface area contributed by atoms with Gasteiger partial charge in [0, 0.05) is 19.9 Å². The van der Waals surface area contributed by atoms with Crippen molar-refractivity contribution in [2.75, 3.05) is 7.11 Å². The minimum atomic E-state index is 0.176. The zero-order chi connectivity index (χ0) is 8.97. The van der Waals surface area contributed by atoms with Crippen molar-refractivity contribution in [2.24, 2.45) is 5.73 Å². The first-order valence-corrected chi connectivity index (χ1v) is 4.01. The molecule has 1 atom stereocenters. The number of hydrogen-bond donors (Lipinski definition) is 1. The number of methoxy groups -OCH3 is 1. The van der Waals surface area contributed by atoms with E-state index >= 15 is 0 Å². The maximum absolute atomic E-state index is 5.51. The summed E-state index contributed by atoms with van der Waals surface area (Å²) in [6.45, 7) is 3.29. The van der Waals surface area contributed by atoms with E-state index in [2.05, 4.69) is 5.10 Å². The summed E-state index contributed by atoms with van der Waals surface area (Å²) in [4.78, 5) is 0. The molecule has 1 aromatic heterocycles. The van der Waals surface area contributed by atoms with Gasteiger partial charge in [-0.1, -0.05) is 0 Å². The van der Waals surface area contributed by atoms with Crippen molar-refractivity contribution in [3.8, 4) is 0 Å². The fourth-order valence-electron chi connectivity index (χ4n) is 1.02. The summed E-state index contributed by atoms with van der Waals surface area (Å²) in [5, 5.41) is 4.13. The van der Waals surface area contributed by atoms with Gasteiger partial charge >= 0.3 is 0 Å². The highest BCUT2D eigenvalue weighted by atomic mass is 16.5. The van der Waals surface area contributed by atoms with Crippen molar-refractivity contribution >= 4 is 0 Å². The van der Waals surface area contributed by atoms with Gasteiger partial charge in [0.05, 0.1) is 18.3 Å². The molecule has 0 amide bonds. The van der Waals surface area contributed by atoms with Crippen molar-refractivity contribution in [3.05, 3.63) is 18.0 Å². The molecular weight excluding hydrogens is 154 g/mol. The molecule has 0 spiro atoms. The molecule has 0 bridgehead atoms. The van der Waals surface area contributed by atoms with Gasteiger partial charge in [0.25, 0.3) is 0 Å². The molecule has 1 aromatic rings. The minimum Gasteiger partial charge on any atom is -0.380 e. The van der Waals surface area contributed by atoms with E-state index < -0.39 is 0 Å². The molecule has 0 saturated carbocycles. The lowest BCUT2D eigenvalue weighted by molar-refractivity contribution is 0.0990. The van der Waals surface area contributed by atoms with Crippen molar-refractivity contribution in [1.29, 1.82) is 0 Å². The summed E-state index contributed by atoms with van der Waals surface area (Å²) >= 11 is 0. The third kappa shape index (κ3) is 2.06. The number of nitrogens with zero attached hydrogens (tertiary/aromatic N) is 2. The molecule has 0 saturated heterocycles. The van der Waals surface area contributed by atoms with E-state index in [-0.39, 0.29) is 6.10 Å². The number of rotatable bonds is 4. The predicted molar refractivity (Wildman–Crippen MR) is 46.6 cm³/mol. The zero-order valence-electron chi connectivity index (χ0n) is 7.53. The van der Waals surface area contributed by atoms with Crippen LogP contribution in [0.15, 0.2) is 12.3 Å². The average molecular weight is 169 g/mol. The smallest absolute Gasteiger partial charge is 0.0739 e. The molecule has 0 aromatic carbocycles. The van der Waals surface area contributed by atoms with Gasteiger partial charge in [0.15, 0.2) is 0 Å². The highest BCUT2D eigenvalue weighted by molar-refractivity contribution is 4.99. The number of nitrogens with two attached hydrogens (primary N) is 1. The topological polar surface area (TPSA) is 53.1 Å². The molecule has 12 heavy (non-hydrogen) atoms. The van der Waals surface area contributed by atoms with Gasteiger partial charge in [-0.25, -0.2) is 0 Å². The molecule has 1 rings (SSSR count). The van der Waals surface area contributed by atoms with Crippen LogP contribution in [-0.4, -0.2) is 23.0 Å². The predicted octanol–water partition coefficient (Wildman–Crippen LogP) is 0.377. The average Bonchev–Trinajstić information content (AvgIpc) is 2.51. The summed E-state index contributed by atoms with van der Waals surface area (Å²) in [7, 11) is 1.69. The Kier molecular flexibility index (Phi) is 3.25. The summed E-state index contributed by atoms with van der Waals surface area (Å²) in [6, 6.07) is 1.92. The number of hydrogen-bond acceptors (Lipinski definition) is 3. The van der Waals surface area contributed by atoms with Gasteiger partial charge in [0.2, 0.25) is 0 Å². The molecule has 0 fully saturated rings. The SMILES string of the molecule is COC(C)Cn1nccc1CN. The highest BCUT2D eigenvalue weighted by Crippen LogP contribution is 2.00. The van der Waals surface area contributed by atoms with E-state index in [0.717, 1.165) is 12.2 Å². The standard InChI is InChI=1S/C8H15N3O/c1-7(12-2)6-11-8(5-9)3-4-10-11/h3-4,7H,5-6,9H2,1-2H3. The molecule has 0 aliphatic rings. The van der Waals surface area contributed by atoms with Gasteiger partial charge < -0.3 is 10.5 Å². The first kappa shape index (κ1) is 9.22. The summed E-state index contributed by atoms with van der Waals surface area (Å²) < 4.78 is 6.99. The van der Waals surface area contributed by atoms with Crippen LogP contribution >= 0.6 is 0 Å². The Bertz CT molecular complexity index is 234.